The van der Waals surface area contributed by atoms with Gasteiger partial charge < -0.3 is 19.9 Å². The molecule has 0 aliphatic rings. The quantitative estimate of drug-likeness (QED) is 0.391. The number of nitrogens with zero attached hydrogens (tertiary/aromatic N) is 4. The van der Waals surface area contributed by atoms with Gasteiger partial charge in [0.2, 0.25) is 0 Å². The highest BCUT2D eigenvalue weighted by molar-refractivity contribution is 5.83. The summed E-state index contributed by atoms with van der Waals surface area (Å²) in [6, 6.07) is 9.14. The number of hydrogen-bond acceptors (Lipinski definition) is 8. The first kappa shape index (κ1) is 24.0. The molecule has 0 radical (unpaired) electrons. The standard InChI is InChI=1S/C23H30N6O4/c1-23(2,3)33-22(30)27-19-8-6-7-16(26-19)13-32-10-9-15-11-17(20(31-5)18(24)12-15)21-25-14-29(4)28-21/h6-8,11-12,14H,9-10,13,24H2,1-5H3,(H,26,27,30). The molecule has 33 heavy (non-hydrogen) atoms. The molecule has 0 spiro atoms. The minimum Gasteiger partial charge on any atom is -0.494 e. The lowest BCUT2D eigenvalue weighted by Gasteiger charge is -2.19. The van der Waals surface area contributed by atoms with Crippen molar-refractivity contribution < 1.29 is 19.0 Å². The van der Waals surface area contributed by atoms with Crippen LogP contribution in [0.1, 0.15) is 32.0 Å². The van der Waals surface area contributed by atoms with Crippen LogP contribution in [-0.2, 0) is 29.5 Å². The zero-order valence-electron chi connectivity index (χ0n) is 19.6. The SMILES string of the molecule is COc1c(N)cc(CCOCc2cccc(NC(=O)OC(C)(C)C)n2)cc1-c1ncn(C)n1. The molecule has 0 aliphatic carbocycles. The number of benzene rings is 1. The summed E-state index contributed by atoms with van der Waals surface area (Å²) in [5, 5.41) is 6.98. The third-order valence-electron chi connectivity index (χ3n) is 4.44. The summed E-state index contributed by atoms with van der Waals surface area (Å²) >= 11 is 0. The van der Waals surface area contributed by atoms with Crippen LogP contribution in [0.25, 0.3) is 11.4 Å². The van der Waals surface area contributed by atoms with E-state index in [0.717, 1.165) is 11.1 Å². The normalized spacial score (nSPS) is 11.3. The average molecular weight is 455 g/mol. The molecule has 10 nitrogen and oxygen atoms in total. The highest BCUT2D eigenvalue weighted by Gasteiger charge is 2.17. The Labute approximate surface area is 193 Å². The Kier molecular flexibility index (Phi) is 7.49. The topological polar surface area (TPSA) is 126 Å². The van der Waals surface area contributed by atoms with Gasteiger partial charge in [-0.3, -0.25) is 10.00 Å². The molecule has 0 saturated carbocycles. The summed E-state index contributed by atoms with van der Waals surface area (Å²) in [7, 11) is 3.37. The molecule has 2 aromatic heterocycles. The van der Waals surface area contributed by atoms with E-state index in [9.17, 15) is 4.79 Å². The van der Waals surface area contributed by atoms with Crippen LogP contribution in [0.3, 0.4) is 0 Å². The van der Waals surface area contributed by atoms with Crippen molar-refractivity contribution in [1.82, 2.24) is 19.7 Å². The second kappa shape index (κ2) is 10.3. The fraction of sp³-hybridized carbons (Fsp3) is 0.391. The number of hydrogen-bond donors (Lipinski definition) is 2. The van der Waals surface area contributed by atoms with E-state index >= 15 is 0 Å². The number of carbonyl (C=O) groups is 1. The number of pyridine rings is 1. The number of amides is 1. The molecule has 0 fully saturated rings. The predicted molar refractivity (Wildman–Crippen MR) is 125 cm³/mol. The number of methoxy groups -OCH3 is 1. The highest BCUT2D eigenvalue weighted by Crippen LogP contribution is 2.34. The van der Waals surface area contributed by atoms with Gasteiger partial charge in [0.1, 0.15) is 17.7 Å². The van der Waals surface area contributed by atoms with Gasteiger partial charge in [0, 0.05) is 7.05 Å². The number of rotatable bonds is 8. The molecule has 2 heterocycles. The highest BCUT2D eigenvalue weighted by atomic mass is 16.6. The largest absolute Gasteiger partial charge is 0.494 e. The van der Waals surface area contributed by atoms with Crippen LogP contribution in [0.15, 0.2) is 36.7 Å². The third kappa shape index (κ3) is 6.91. The van der Waals surface area contributed by atoms with Gasteiger partial charge in [0.15, 0.2) is 11.6 Å². The van der Waals surface area contributed by atoms with Crippen molar-refractivity contribution in [2.75, 3.05) is 24.8 Å². The van der Waals surface area contributed by atoms with E-state index in [1.807, 2.05) is 18.2 Å². The van der Waals surface area contributed by atoms with Crippen LogP contribution in [-0.4, -0.2) is 45.2 Å². The van der Waals surface area contributed by atoms with Crippen molar-refractivity contribution in [3.63, 3.8) is 0 Å². The van der Waals surface area contributed by atoms with E-state index in [2.05, 4.69) is 20.4 Å². The maximum atomic E-state index is 11.9. The van der Waals surface area contributed by atoms with E-state index in [0.29, 0.717) is 48.4 Å². The molecule has 0 bridgehead atoms. The zero-order chi connectivity index (χ0) is 24.0. The second-order valence-electron chi connectivity index (χ2n) is 8.45. The third-order valence-corrected chi connectivity index (χ3v) is 4.44. The molecule has 3 N–H and O–H groups in total. The molecular formula is C23H30N6O4. The molecule has 0 atom stereocenters. The summed E-state index contributed by atoms with van der Waals surface area (Å²) in [6.45, 7) is 6.15. The molecular weight excluding hydrogens is 424 g/mol. The number of anilines is 2. The maximum Gasteiger partial charge on any atom is 0.413 e. The Morgan fingerprint density at radius 1 is 1.24 bits per heavy atom. The minimum atomic E-state index is -0.581. The van der Waals surface area contributed by atoms with Crippen molar-refractivity contribution in [1.29, 1.82) is 0 Å². The molecule has 10 heteroatoms. The van der Waals surface area contributed by atoms with Gasteiger partial charge in [0.25, 0.3) is 0 Å². The second-order valence-corrected chi connectivity index (χ2v) is 8.45. The summed E-state index contributed by atoms with van der Waals surface area (Å²) in [5.41, 5.74) is 8.52. The van der Waals surface area contributed by atoms with Gasteiger partial charge >= 0.3 is 6.09 Å². The van der Waals surface area contributed by atoms with Crippen molar-refractivity contribution in [3.05, 3.63) is 47.9 Å². The first-order valence-electron chi connectivity index (χ1n) is 10.5. The molecule has 0 saturated heterocycles. The monoisotopic (exact) mass is 454 g/mol. The Bertz CT molecular complexity index is 1110. The lowest BCUT2D eigenvalue weighted by Crippen LogP contribution is -2.27. The molecule has 3 aromatic rings. The van der Waals surface area contributed by atoms with Gasteiger partial charge in [-0.1, -0.05) is 6.07 Å². The van der Waals surface area contributed by atoms with Crippen LogP contribution in [0.5, 0.6) is 5.75 Å². The van der Waals surface area contributed by atoms with Crippen LogP contribution >= 0.6 is 0 Å². The van der Waals surface area contributed by atoms with E-state index in [1.54, 1.807) is 58.1 Å². The van der Waals surface area contributed by atoms with E-state index in [4.69, 9.17) is 19.9 Å². The molecule has 1 amide bonds. The smallest absolute Gasteiger partial charge is 0.413 e. The molecule has 0 aliphatic heterocycles. The van der Waals surface area contributed by atoms with Crippen molar-refractivity contribution in [2.45, 2.75) is 39.4 Å². The van der Waals surface area contributed by atoms with Crippen LogP contribution in [0.4, 0.5) is 16.3 Å². The minimum absolute atomic E-state index is 0.296. The zero-order valence-corrected chi connectivity index (χ0v) is 19.6. The van der Waals surface area contributed by atoms with Gasteiger partial charge in [-0.05, 0) is 57.0 Å². The predicted octanol–water partition coefficient (Wildman–Crippen LogP) is 3.57. The number of aryl methyl sites for hydroxylation is 1. The molecule has 3 rings (SSSR count). The van der Waals surface area contributed by atoms with Gasteiger partial charge in [0.05, 0.1) is 37.3 Å². The summed E-state index contributed by atoms with van der Waals surface area (Å²) in [6.07, 6.45) is 1.70. The summed E-state index contributed by atoms with van der Waals surface area (Å²) < 4.78 is 18.1. The lowest BCUT2D eigenvalue weighted by molar-refractivity contribution is 0.0635. The summed E-state index contributed by atoms with van der Waals surface area (Å²) in [4.78, 5) is 20.6. The van der Waals surface area contributed by atoms with Crippen LogP contribution < -0.4 is 15.8 Å². The average Bonchev–Trinajstić information content (AvgIpc) is 3.16. The van der Waals surface area contributed by atoms with E-state index in [-0.39, 0.29) is 0 Å². The number of nitrogen functional groups attached to an aromatic ring is 1. The fourth-order valence-corrected chi connectivity index (χ4v) is 3.12. The molecule has 0 unspecified atom stereocenters. The Morgan fingerprint density at radius 2 is 2.03 bits per heavy atom. The number of carbonyl (C=O) groups excluding carboxylic acids is 1. The van der Waals surface area contributed by atoms with Gasteiger partial charge in [-0.2, -0.15) is 5.10 Å². The first-order chi connectivity index (χ1) is 15.6. The van der Waals surface area contributed by atoms with E-state index in [1.165, 1.54) is 0 Å². The maximum absolute atomic E-state index is 11.9. The molecule has 1 aromatic carbocycles. The molecule has 176 valence electrons. The van der Waals surface area contributed by atoms with Crippen LogP contribution in [0, 0.1) is 0 Å². The number of ether oxygens (including phenoxy) is 3. The number of aromatic nitrogens is 4. The Hall–Kier alpha value is -3.66. The number of nitrogens with one attached hydrogen (secondary N) is 1. The Morgan fingerprint density at radius 3 is 2.70 bits per heavy atom. The number of nitrogens with two attached hydrogens (primary N) is 1. The summed E-state index contributed by atoms with van der Waals surface area (Å²) in [5.74, 6) is 1.49. The van der Waals surface area contributed by atoms with Crippen LogP contribution in [0.2, 0.25) is 0 Å². The fourth-order valence-electron chi connectivity index (χ4n) is 3.12. The van der Waals surface area contributed by atoms with Gasteiger partial charge in [-0.15, -0.1) is 0 Å². The van der Waals surface area contributed by atoms with Gasteiger partial charge in [-0.25, -0.2) is 14.8 Å². The lowest BCUT2D eigenvalue weighted by atomic mass is 10.0. The Balaban J connectivity index is 1.58. The van der Waals surface area contributed by atoms with Crippen molar-refractivity contribution in [2.24, 2.45) is 7.05 Å². The van der Waals surface area contributed by atoms with E-state index < -0.39 is 11.7 Å². The van der Waals surface area contributed by atoms with Crippen molar-refractivity contribution >= 4 is 17.6 Å². The van der Waals surface area contributed by atoms with Crippen molar-refractivity contribution in [3.8, 4) is 17.1 Å². The first-order valence-corrected chi connectivity index (χ1v) is 10.5.